The van der Waals surface area contributed by atoms with Crippen LogP contribution in [0.2, 0.25) is 0 Å². The zero-order chi connectivity index (χ0) is 15.2. The number of oxazole rings is 1. The Kier molecular flexibility index (Phi) is 3.12. The van der Waals surface area contributed by atoms with Gasteiger partial charge < -0.3 is 4.42 Å². The lowest BCUT2D eigenvalue weighted by atomic mass is 9.87. The third-order valence-corrected chi connectivity index (χ3v) is 4.07. The monoisotopic (exact) mass is 279 g/mol. The van der Waals surface area contributed by atoms with E-state index >= 15 is 0 Å². The van der Waals surface area contributed by atoms with Crippen LogP contribution >= 0.6 is 0 Å². The average Bonchev–Trinajstić information content (AvgIpc) is 2.87. The molecule has 2 heteroatoms. The van der Waals surface area contributed by atoms with E-state index in [1.54, 1.807) is 0 Å². The molecule has 0 radical (unpaired) electrons. The lowest BCUT2D eigenvalue weighted by Crippen LogP contribution is -2.10. The van der Waals surface area contributed by atoms with Gasteiger partial charge in [-0.05, 0) is 54.2 Å². The number of hydrogen-bond donors (Lipinski definition) is 0. The molecule has 2 aromatic carbocycles. The van der Waals surface area contributed by atoms with Crippen LogP contribution < -0.4 is 0 Å². The number of aromatic nitrogens is 1. The van der Waals surface area contributed by atoms with Crippen molar-refractivity contribution in [2.75, 3.05) is 0 Å². The molecule has 0 amide bonds. The number of benzene rings is 2. The minimum atomic E-state index is 0.160. The fraction of sp³-hybridized carbons (Fsp3) is 0.316. The molecule has 3 aromatic rings. The van der Waals surface area contributed by atoms with Crippen molar-refractivity contribution in [3.63, 3.8) is 0 Å². The summed E-state index contributed by atoms with van der Waals surface area (Å²) < 4.78 is 5.98. The smallest absolute Gasteiger partial charge is 0.227 e. The Labute approximate surface area is 125 Å². The minimum absolute atomic E-state index is 0.160. The van der Waals surface area contributed by atoms with Crippen molar-refractivity contribution < 1.29 is 4.42 Å². The number of rotatable bonds is 1. The van der Waals surface area contributed by atoms with Crippen molar-refractivity contribution in [2.45, 2.75) is 40.0 Å². The van der Waals surface area contributed by atoms with Crippen LogP contribution in [0.5, 0.6) is 0 Å². The summed E-state index contributed by atoms with van der Waals surface area (Å²) in [5, 5.41) is 0. The molecule has 1 aromatic heterocycles. The first-order chi connectivity index (χ1) is 9.86. The molecule has 108 valence electrons. The molecule has 3 rings (SSSR count). The molecule has 0 fully saturated rings. The summed E-state index contributed by atoms with van der Waals surface area (Å²) in [7, 11) is 0. The quantitative estimate of drug-likeness (QED) is 0.595. The van der Waals surface area contributed by atoms with Crippen LogP contribution in [0.1, 0.15) is 37.5 Å². The Morgan fingerprint density at radius 1 is 0.905 bits per heavy atom. The summed E-state index contributed by atoms with van der Waals surface area (Å²) in [4.78, 5) is 4.61. The third kappa shape index (κ3) is 2.46. The summed E-state index contributed by atoms with van der Waals surface area (Å²) in [5.74, 6) is 0.694. The largest absolute Gasteiger partial charge is 0.436 e. The van der Waals surface area contributed by atoms with Crippen molar-refractivity contribution >= 4 is 11.1 Å². The van der Waals surface area contributed by atoms with E-state index in [1.807, 2.05) is 6.07 Å². The molecule has 0 saturated heterocycles. The Morgan fingerprint density at radius 3 is 2.19 bits per heavy atom. The zero-order valence-corrected chi connectivity index (χ0v) is 13.3. The van der Waals surface area contributed by atoms with Crippen molar-refractivity contribution in [3.8, 4) is 11.5 Å². The first kappa shape index (κ1) is 13.9. The molecule has 0 aliphatic rings. The van der Waals surface area contributed by atoms with Crippen LogP contribution in [-0.4, -0.2) is 4.98 Å². The van der Waals surface area contributed by atoms with Gasteiger partial charge in [0.05, 0.1) is 0 Å². The van der Waals surface area contributed by atoms with Gasteiger partial charge in [-0.2, -0.15) is 0 Å². The zero-order valence-electron chi connectivity index (χ0n) is 13.3. The first-order valence-corrected chi connectivity index (χ1v) is 7.34. The van der Waals surface area contributed by atoms with Gasteiger partial charge in [-0.1, -0.05) is 39.0 Å². The normalized spacial score (nSPS) is 12.0. The molecule has 0 aliphatic carbocycles. The molecule has 0 bridgehead atoms. The SMILES string of the molecule is Cc1ccc2nc(-c3ccc(C(C)(C)C)cc3)oc2c1C. The Balaban J connectivity index is 2.06. The Morgan fingerprint density at radius 2 is 1.57 bits per heavy atom. The van der Waals surface area contributed by atoms with Gasteiger partial charge in [-0.15, -0.1) is 0 Å². The maximum absolute atomic E-state index is 5.98. The highest BCUT2D eigenvalue weighted by Gasteiger charge is 2.15. The second-order valence-corrected chi connectivity index (χ2v) is 6.70. The van der Waals surface area contributed by atoms with E-state index < -0.39 is 0 Å². The molecular weight excluding hydrogens is 258 g/mol. The summed E-state index contributed by atoms with van der Waals surface area (Å²) in [6.45, 7) is 10.8. The molecule has 0 spiro atoms. The average molecular weight is 279 g/mol. The highest BCUT2D eigenvalue weighted by molar-refractivity contribution is 5.80. The fourth-order valence-corrected chi connectivity index (χ4v) is 2.46. The molecule has 0 N–H and O–H groups in total. The minimum Gasteiger partial charge on any atom is -0.436 e. The molecule has 21 heavy (non-hydrogen) atoms. The van der Waals surface area contributed by atoms with Crippen LogP contribution in [0.15, 0.2) is 40.8 Å². The predicted octanol–water partition coefficient (Wildman–Crippen LogP) is 5.41. The first-order valence-electron chi connectivity index (χ1n) is 7.34. The van der Waals surface area contributed by atoms with Gasteiger partial charge in [0, 0.05) is 5.56 Å². The number of aryl methyl sites for hydroxylation is 2. The molecule has 1 heterocycles. The molecule has 0 atom stereocenters. The second kappa shape index (κ2) is 4.73. The molecule has 0 unspecified atom stereocenters. The van der Waals surface area contributed by atoms with E-state index in [0.29, 0.717) is 5.89 Å². The highest BCUT2D eigenvalue weighted by atomic mass is 16.3. The van der Waals surface area contributed by atoms with Gasteiger partial charge >= 0.3 is 0 Å². The summed E-state index contributed by atoms with van der Waals surface area (Å²) in [6, 6.07) is 12.6. The lowest BCUT2D eigenvalue weighted by molar-refractivity contribution is 0.589. The molecule has 2 nitrogen and oxygen atoms in total. The lowest BCUT2D eigenvalue weighted by Gasteiger charge is -2.18. The summed E-state index contributed by atoms with van der Waals surface area (Å²) >= 11 is 0. The van der Waals surface area contributed by atoms with Crippen molar-refractivity contribution in [1.29, 1.82) is 0 Å². The van der Waals surface area contributed by atoms with E-state index in [-0.39, 0.29) is 5.41 Å². The second-order valence-electron chi connectivity index (χ2n) is 6.70. The van der Waals surface area contributed by atoms with Gasteiger partial charge in [-0.25, -0.2) is 4.98 Å². The summed E-state index contributed by atoms with van der Waals surface area (Å²) in [6.07, 6.45) is 0. The maximum atomic E-state index is 5.98. The highest BCUT2D eigenvalue weighted by Crippen LogP contribution is 2.29. The van der Waals surface area contributed by atoms with E-state index in [1.165, 1.54) is 11.1 Å². The van der Waals surface area contributed by atoms with Crippen molar-refractivity contribution in [3.05, 3.63) is 53.1 Å². The van der Waals surface area contributed by atoms with Crippen LogP contribution in [0.3, 0.4) is 0 Å². The Bertz CT molecular complexity index is 789. The van der Waals surface area contributed by atoms with Crippen LogP contribution in [0.4, 0.5) is 0 Å². The summed E-state index contributed by atoms with van der Waals surface area (Å²) in [5.41, 5.74) is 6.71. The maximum Gasteiger partial charge on any atom is 0.227 e. The topological polar surface area (TPSA) is 26.0 Å². The van der Waals surface area contributed by atoms with Crippen LogP contribution in [0, 0.1) is 13.8 Å². The molecule has 0 saturated carbocycles. The third-order valence-electron chi connectivity index (χ3n) is 4.07. The number of nitrogens with zero attached hydrogens (tertiary/aromatic N) is 1. The van der Waals surface area contributed by atoms with E-state index in [0.717, 1.165) is 22.2 Å². The van der Waals surface area contributed by atoms with E-state index in [9.17, 15) is 0 Å². The van der Waals surface area contributed by atoms with Gasteiger partial charge in [0.25, 0.3) is 0 Å². The molecule has 0 aliphatic heterocycles. The van der Waals surface area contributed by atoms with Gasteiger partial charge in [0.1, 0.15) is 5.52 Å². The fourth-order valence-electron chi connectivity index (χ4n) is 2.46. The van der Waals surface area contributed by atoms with Gasteiger partial charge in [-0.3, -0.25) is 0 Å². The van der Waals surface area contributed by atoms with Gasteiger partial charge in [0.15, 0.2) is 5.58 Å². The number of fused-ring (bicyclic) bond motifs is 1. The van der Waals surface area contributed by atoms with E-state index in [2.05, 4.69) is 69.9 Å². The van der Waals surface area contributed by atoms with Crippen LogP contribution in [0.25, 0.3) is 22.6 Å². The van der Waals surface area contributed by atoms with Crippen molar-refractivity contribution in [2.24, 2.45) is 0 Å². The van der Waals surface area contributed by atoms with Crippen molar-refractivity contribution in [1.82, 2.24) is 4.98 Å². The van der Waals surface area contributed by atoms with Gasteiger partial charge in [0.2, 0.25) is 5.89 Å². The number of hydrogen-bond acceptors (Lipinski definition) is 2. The molecular formula is C19H21NO. The predicted molar refractivity (Wildman–Crippen MR) is 87.6 cm³/mol. The van der Waals surface area contributed by atoms with E-state index in [4.69, 9.17) is 4.42 Å². The Hall–Kier alpha value is -2.09. The standard InChI is InChI=1S/C19H21NO/c1-12-6-11-16-17(13(12)2)21-18(20-16)14-7-9-15(10-8-14)19(3,4)5/h6-11H,1-5H3. The van der Waals surface area contributed by atoms with Crippen LogP contribution in [-0.2, 0) is 5.41 Å².